The van der Waals surface area contributed by atoms with E-state index < -0.39 is 0 Å². The molecule has 116 valence electrons. The Labute approximate surface area is 134 Å². The van der Waals surface area contributed by atoms with Crippen molar-refractivity contribution in [2.75, 3.05) is 5.75 Å². The van der Waals surface area contributed by atoms with E-state index in [-0.39, 0.29) is 5.91 Å². The normalized spacial score (nSPS) is 14.2. The highest BCUT2D eigenvalue weighted by atomic mass is 32.2. The van der Waals surface area contributed by atoms with Gasteiger partial charge in [-0.25, -0.2) is 0 Å². The fraction of sp³-hybridized carbons (Fsp3) is 0.438. The fourth-order valence-electron chi connectivity index (χ4n) is 2.54. The van der Waals surface area contributed by atoms with Gasteiger partial charge in [0.1, 0.15) is 5.82 Å². The van der Waals surface area contributed by atoms with Crippen LogP contribution in [0.3, 0.4) is 0 Å². The van der Waals surface area contributed by atoms with Gasteiger partial charge >= 0.3 is 0 Å². The number of fused-ring (bicyclic) bond motifs is 1. The van der Waals surface area contributed by atoms with Gasteiger partial charge in [0.2, 0.25) is 5.91 Å². The van der Waals surface area contributed by atoms with E-state index in [0.717, 1.165) is 29.5 Å². The van der Waals surface area contributed by atoms with E-state index >= 15 is 0 Å². The number of carbonyl (C=O) groups is 1. The number of aromatic nitrogens is 3. The first-order chi connectivity index (χ1) is 10.8. The SMILES string of the molecule is O=C(CSc1nnc2n1CCCCC2)NCc1ccccc1. The molecule has 1 aliphatic heterocycles. The monoisotopic (exact) mass is 316 g/mol. The molecule has 0 unspecified atom stereocenters. The maximum Gasteiger partial charge on any atom is 0.230 e. The second-order valence-corrected chi connectivity index (χ2v) is 6.35. The standard InChI is InChI=1S/C16H20N4OS/c21-15(17-11-13-7-3-1-4-8-13)12-22-16-19-18-14-9-5-2-6-10-20(14)16/h1,3-4,7-8H,2,5-6,9-12H2,(H,17,21). The van der Waals surface area contributed by atoms with Gasteiger partial charge in [0.15, 0.2) is 5.16 Å². The molecule has 22 heavy (non-hydrogen) atoms. The van der Waals surface area contributed by atoms with Crippen LogP contribution in [0, 0.1) is 0 Å². The van der Waals surface area contributed by atoms with Crippen LogP contribution in [0.25, 0.3) is 0 Å². The van der Waals surface area contributed by atoms with E-state index in [4.69, 9.17) is 0 Å². The van der Waals surface area contributed by atoms with Crippen molar-refractivity contribution in [3.8, 4) is 0 Å². The lowest BCUT2D eigenvalue weighted by atomic mass is 10.2. The Bertz CT molecular complexity index is 626. The quantitative estimate of drug-likeness (QED) is 0.861. The maximum absolute atomic E-state index is 12.0. The molecule has 1 aromatic heterocycles. The van der Waals surface area contributed by atoms with Gasteiger partial charge in [0.05, 0.1) is 5.75 Å². The van der Waals surface area contributed by atoms with Crippen molar-refractivity contribution in [3.05, 3.63) is 41.7 Å². The van der Waals surface area contributed by atoms with E-state index in [0.29, 0.717) is 12.3 Å². The number of hydrogen-bond donors (Lipinski definition) is 1. The molecule has 0 spiro atoms. The predicted molar refractivity (Wildman–Crippen MR) is 86.6 cm³/mol. The van der Waals surface area contributed by atoms with Gasteiger partial charge in [0, 0.05) is 19.5 Å². The lowest BCUT2D eigenvalue weighted by molar-refractivity contribution is -0.118. The summed E-state index contributed by atoms with van der Waals surface area (Å²) in [6.45, 7) is 1.54. The molecule has 0 saturated carbocycles. The first-order valence-corrected chi connectivity index (χ1v) is 8.67. The largest absolute Gasteiger partial charge is 0.351 e. The Morgan fingerprint density at radius 1 is 1.18 bits per heavy atom. The van der Waals surface area contributed by atoms with Crippen molar-refractivity contribution in [1.82, 2.24) is 20.1 Å². The number of amides is 1. The predicted octanol–water partition coefficient (Wildman–Crippen LogP) is 2.41. The van der Waals surface area contributed by atoms with E-state index in [9.17, 15) is 4.79 Å². The van der Waals surface area contributed by atoms with Gasteiger partial charge in [-0.15, -0.1) is 10.2 Å². The number of aryl methyl sites for hydroxylation is 1. The fourth-order valence-corrected chi connectivity index (χ4v) is 3.36. The Kier molecular flexibility index (Phi) is 5.11. The molecule has 3 rings (SSSR count). The van der Waals surface area contributed by atoms with Gasteiger partial charge in [-0.05, 0) is 18.4 Å². The van der Waals surface area contributed by atoms with Crippen molar-refractivity contribution in [2.45, 2.75) is 43.9 Å². The van der Waals surface area contributed by atoms with Crippen LogP contribution in [0.2, 0.25) is 0 Å². The zero-order valence-electron chi connectivity index (χ0n) is 12.5. The second kappa shape index (κ2) is 7.45. The molecule has 1 amide bonds. The van der Waals surface area contributed by atoms with Crippen molar-refractivity contribution in [1.29, 1.82) is 0 Å². The number of nitrogens with zero attached hydrogens (tertiary/aromatic N) is 3. The molecule has 1 aliphatic rings. The summed E-state index contributed by atoms with van der Waals surface area (Å²) >= 11 is 1.47. The summed E-state index contributed by atoms with van der Waals surface area (Å²) in [4.78, 5) is 12.0. The summed E-state index contributed by atoms with van der Waals surface area (Å²) in [7, 11) is 0. The molecular formula is C16H20N4OS. The number of benzene rings is 1. The topological polar surface area (TPSA) is 59.8 Å². The molecule has 1 N–H and O–H groups in total. The maximum atomic E-state index is 12.0. The van der Waals surface area contributed by atoms with Gasteiger partial charge < -0.3 is 9.88 Å². The van der Waals surface area contributed by atoms with E-state index in [2.05, 4.69) is 20.1 Å². The Hall–Kier alpha value is -1.82. The summed E-state index contributed by atoms with van der Waals surface area (Å²) in [6, 6.07) is 9.93. The lowest BCUT2D eigenvalue weighted by Crippen LogP contribution is -2.24. The zero-order chi connectivity index (χ0) is 15.2. The lowest BCUT2D eigenvalue weighted by Gasteiger charge is -2.07. The Balaban J connectivity index is 1.50. The molecule has 0 bridgehead atoms. The average molecular weight is 316 g/mol. The van der Waals surface area contributed by atoms with E-state index in [1.54, 1.807) is 0 Å². The molecule has 0 atom stereocenters. The van der Waals surface area contributed by atoms with Gasteiger partial charge in [-0.3, -0.25) is 4.79 Å². The molecule has 6 heteroatoms. The zero-order valence-corrected chi connectivity index (χ0v) is 13.3. The van der Waals surface area contributed by atoms with Crippen molar-refractivity contribution < 1.29 is 4.79 Å². The van der Waals surface area contributed by atoms with Crippen LogP contribution in [0.1, 0.15) is 30.7 Å². The van der Waals surface area contributed by atoms with Crippen LogP contribution < -0.4 is 5.32 Å². The number of nitrogens with one attached hydrogen (secondary N) is 1. The van der Waals surface area contributed by atoms with E-state index in [1.165, 1.54) is 31.0 Å². The number of hydrogen-bond acceptors (Lipinski definition) is 4. The Morgan fingerprint density at radius 3 is 2.91 bits per heavy atom. The number of carbonyl (C=O) groups excluding carboxylic acids is 1. The highest BCUT2D eigenvalue weighted by molar-refractivity contribution is 7.99. The van der Waals surface area contributed by atoms with Crippen LogP contribution in [0.15, 0.2) is 35.5 Å². The molecule has 2 heterocycles. The molecule has 0 fully saturated rings. The minimum absolute atomic E-state index is 0.0276. The molecule has 0 radical (unpaired) electrons. The van der Waals surface area contributed by atoms with Crippen molar-refractivity contribution in [2.24, 2.45) is 0 Å². The first kappa shape index (κ1) is 15.1. The van der Waals surface area contributed by atoms with E-state index in [1.807, 2.05) is 30.3 Å². The second-order valence-electron chi connectivity index (χ2n) is 5.41. The number of rotatable bonds is 5. The first-order valence-electron chi connectivity index (χ1n) is 7.68. The van der Waals surface area contributed by atoms with Gasteiger partial charge in [0.25, 0.3) is 0 Å². The molecule has 0 aliphatic carbocycles. The Morgan fingerprint density at radius 2 is 2.05 bits per heavy atom. The summed E-state index contributed by atoms with van der Waals surface area (Å²) in [5.74, 6) is 1.47. The van der Waals surface area contributed by atoms with Crippen molar-refractivity contribution >= 4 is 17.7 Å². The summed E-state index contributed by atoms with van der Waals surface area (Å²) in [5.41, 5.74) is 1.11. The third kappa shape index (κ3) is 3.88. The summed E-state index contributed by atoms with van der Waals surface area (Å²) in [6.07, 6.45) is 4.58. The summed E-state index contributed by atoms with van der Waals surface area (Å²) in [5, 5.41) is 12.3. The molecule has 2 aromatic rings. The minimum atomic E-state index is 0.0276. The average Bonchev–Trinajstić information content (AvgIpc) is 2.78. The van der Waals surface area contributed by atoms with Crippen molar-refractivity contribution in [3.63, 3.8) is 0 Å². The van der Waals surface area contributed by atoms with Crippen LogP contribution in [0.5, 0.6) is 0 Å². The minimum Gasteiger partial charge on any atom is -0.351 e. The van der Waals surface area contributed by atoms with Gasteiger partial charge in [-0.1, -0.05) is 48.5 Å². The molecule has 0 saturated heterocycles. The van der Waals surface area contributed by atoms with Crippen LogP contribution in [-0.4, -0.2) is 26.4 Å². The highest BCUT2D eigenvalue weighted by Crippen LogP contribution is 2.21. The van der Waals surface area contributed by atoms with Crippen LogP contribution >= 0.6 is 11.8 Å². The number of thioether (sulfide) groups is 1. The molecule has 5 nitrogen and oxygen atoms in total. The van der Waals surface area contributed by atoms with Crippen LogP contribution in [0.4, 0.5) is 0 Å². The third-order valence-corrected chi connectivity index (χ3v) is 4.71. The molecular weight excluding hydrogens is 296 g/mol. The summed E-state index contributed by atoms with van der Waals surface area (Å²) < 4.78 is 2.17. The van der Waals surface area contributed by atoms with Gasteiger partial charge in [-0.2, -0.15) is 0 Å². The smallest absolute Gasteiger partial charge is 0.230 e. The van der Waals surface area contributed by atoms with Crippen LogP contribution in [-0.2, 0) is 24.3 Å². The molecule has 1 aromatic carbocycles. The third-order valence-electron chi connectivity index (χ3n) is 3.74. The highest BCUT2D eigenvalue weighted by Gasteiger charge is 2.15.